The van der Waals surface area contributed by atoms with Crippen LogP contribution in [0.2, 0.25) is 0 Å². The van der Waals surface area contributed by atoms with Crippen molar-refractivity contribution in [3.8, 4) is 11.5 Å². The normalized spacial score (nSPS) is 9.76. The fourth-order valence-corrected chi connectivity index (χ4v) is 1.21. The van der Waals surface area contributed by atoms with Gasteiger partial charge in [0.05, 0.1) is 6.61 Å². The summed E-state index contributed by atoms with van der Waals surface area (Å²) in [5.74, 6) is 1.24. The lowest BCUT2D eigenvalue weighted by atomic mass is 10.3. The molecule has 0 aliphatic rings. The van der Waals surface area contributed by atoms with Crippen LogP contribution in [-0.4, -0.2) is 32.2 Å². The third kappa shape index (κ3) is 5.21. The van der Waals surface area contributed by atoms with Gasteiger partial charge in [0.2, 0.25) is 0 Å². The van der Waals surface area contributed by atoms with Crippen LogP contribution in [0.3, 0.4) is 0 Å². The number of hydrogen-bond donors (Lipinski definition) is 2. The number of ether oxygens (including phenoxy) is 2. The third-order valence-electron chi connectivity index (χ3n) is 1.97. The largest absolute Gasteiger partial charge is 0.494 e. The predicted molar refractivity (Wildman–Crippen MR) is 65.2 cm³/mol. The summed E-state index contributed by atoms with van der Waals surface area (Å²) < 4.78 is 10.6. The molecule has 1 aromatic carbocycles. The molecule has 1 amide bonds. The summed E-state index contributed by atoms with van der Waals surface area (Å²) in [6, 6.07) is 7.13. The molecule has 94 valence electrons. The van der Waals surface area contributed by atoms with Gasteiger partial charge in [-0.05, 0) is 31.2 Å². The predicted octanol–water partition coefficient (Wildman–Crippen LogP) is 0.539. The number of nitrogens with two attached hydrogens (primary N) is 1. The van der Waals surface area contributed by atoms with E-state index in [1.165, 1.54) is 0 Å². The molecular weight excluding hydrogens is 220 g/mol. The van der Waals surface area contributed by atoms with E-state index in [0.29, 0.717) is 25.4 Å². The quantitative estimate of drug-likeness (QED) is 0.727. The number of carbonyl (C=O) groups excluding carboxylic acids is 1. The Morgan fingerprint density at radius 1 is 1.24 bits per heavy atom. The number of carbonyl (C=O) groups is 1. The zero-order chi connectivity index (χ0) is 12.5. The molecule has 0 aliphatic carbocycles. The molecule has 17 heavy (non-hydrogen) atoms. The van der Waals surface area contributed by atoms with Crippen molar-refractivity contribution >= 4 is 5.91 Å². The Kier molecular flexibility index (Phi) is 5.88. The van der Waals surface area contributed by atoms with Crippen LogP contribution in [0.1, 0.15) is 6.92 Å². The standard InChI is InChI=1S/C12H18N2O3/c1-2-16-10-3-5-11(6-4-10)17-9-12(15)14-8-7-13/h3-6H,2,7-9,13H2,1H3,(H,14,15). The van der Waals surface area contributed by atoms with E-state index >= 15 is 0 Å². The second-order valence-corrected chi connectivity index (χ2v) is 3.33. The van der Waals surface area contributed by atoms with E-state index in [1.807, 2.05) is 6.92 Å². The third-order valence-corrected chi connectivity index (χ3v) is 1.97. The first-order valence-corrected chi connectivity index (χ1v) is 5.58. The first kappa shape index (κ1) is 13.3. The average Bonchev–Trinajstić information content (AvgIpc) is 2.36. The topological polar surface area (TPSA) is 73.6 Å². The number of amides is 1. The van der Waals surface area contributed by atoms with E-state index in [4.69, 9.17) is 15.2 Å². The molecule has 0 fully saturated rings. The van der Waals surface area contributed by atoms with Crippen LogP contribution in [0.25, 0.3) is 0 Å². The fraction of sp³-hybridized carbons (Fsp3) is 0.417. The van der Waals surface area contributed by atoms with Gasteiger partial charge < -0.3 is 20.5 Å². The van der Waals surface area contributed by atoms with Gasteiger partial charge in [-0.3, -0.25) is 4.79 Å². The Bertz CT molecular complexity index is 338. The van der Waals surface area contributed by atoms with Crippen LogP contribution in [-0.2, 0) is 4.79 Å². The molecule has 5 nitrogen and oxygen atoms in total. The summed E-state index contributed by atoms with van der Waals surface area (Å²) >= 11 is 0. The SMILES string of the molecule is CCOc1ccc(OCC(=O)NCCN)cc1. The van der Waals surface area contributed by atoms with Gasteiger partial charge in [-0.2, -0.15) is 0 Å². The molecule has 0 aromatic heterocycles. The van der Waals surface area contributed by atoms with E-state index < -0.39 is 0 Å². The maximum atomic E-state index is 11.2. The number of hydrogen-bond acceptors (Lipinski definition) is 4. The molecule has 3 N–H and O–H groups in total. The van der Waals surface area contributed by atoms with Crippen molar-refractivity contribution in [3.63, 3.8) is 0 Å². The maximum Gasteiger partial charge on any atom is 0.257 e. The van der Waals surface area contributed by atoms with Crippen molar-refractivity contribution in [2.24, 2.45) is 5.73 Å². The monoisotopic (exact) mass is 238 g/mol. The fourth-order valence-electron chi connectivity index (χ4n) is 1.21. The number of nitrogens with one attached hydrogen (secondary N) is 1. The highest BCUT2D eigenvalue weighted by atomic mass is 16.5. The smallest absolute Gasteiger partial charge is 0.257 e. The summed E-state index contributed by atoms with van der Waals surface area (Å²) in [5, 5.41) is 2.62. The first-order valence-electron chi connectivity index (χ1n) is 5.58. The summed E-state index contributed by atoms with van der Waals surface area (Å²) in [7, 11) is 0. The number of rotatable bonds is 7. The van der Waals surface area contributed by atoms with Gasteiger partial charge >= 0.3 is 0 Å². The molecule has 0 spiro atoms. The Morgan fingerprint density at radius 3 is 2.35 bits per heavy atom. The lowest BCUT2D eigenvalue weighted by Crippen LogP contribution is -2.32. The lowest BCUT2D eigenvalue weighted by molar-refractivity contribution is -0.123. The highest BCUT2D eigenvalue weighted by Crippen LogP contribution is 2.17. The summed E-state index contributed by atoms with van der Waals surface area (Å²) in [5.41, 5.74) is 5.26. The van der Waals surface area contributed by atoms with Crippen molar-refractivity contribution in [3.05, 3.63) is 24.3 Å². The second-order valence-electron chi connectivity index (χ2n) is 3.33. The Hall–Kier alpha value is -1.75. The van der Waals surface area contributed by atoms with Gasteiger partial charge in [0.25, 0.3) is 5.91 Å². The van der Waals surface area contributed by atoms with Crippen molar-refractivity contribution in [1.29, 1.82) is 0 Å². The molecule has 0 bridgehead atoms. The lowest BCUT2D eigenvalue weighted by Gasteiger charge is -2.07. The van der Waals surface area contributed by atoms with Crippen LogP contribution >= 0.6 is 0 Å². The summed E-state index contributed by atoms with van der Waals surface area (Å²) in [4.78, 5) is 11.2. The molecule has 5 heteroatoms. The van der Waals surface area contributed by atoms with Crippen LogP contribution in [0, 0.1) is 0 Å². The van der Waals surface area contributed by atoms with Crippen LogP contribution in [0.5, 0.6) is 11.5 Å². The zero-order valence-electron chi connectivity index (χ0n) is 9.94. The molecule has 1 rings (SSSR count). The highest BCUT2D eigenvalue weighted by Gasteiger charge is 2.01. The zero-order valence-corrected chi connectivity index (χ0v) is 9.94. The van der Waals surface area contributed by atoms with Gasteiger partial charge in [-0.25, -0.2) is 0 Å². The average molecular weight is 238 g/mol. The van der Waals surface area contributed by atoms with Gasteiger partial charge in [0, 0.05) is 13.1 Å². The van der Waals surface area contributed by atoms with E-state index in [1.54, 1.807) is 24.3 Å². The minimum atomic E-state index is -0.177. The van der Waals surface area contributed by atoms with Gasteiger partial charge in [0.15, 0.2) is 6.61 Å². The van der Waals surface area contributed by atoms with Crippen molar-refractivity contribution in [1.82, 2.24) is 5.32 Å². The molecule has 0 radical (unpaired) electrons. The Labute approximate surface area is 101 Å². The van der Waals surface area contributed by atoms with E-state index in [-0.39, 0.29) is 12.5 Å². The van der Waals surface area contributed by atoms with Crippen LogP contribution < -0.4 is 20.5 Å². The van der Waals surface area contributed by atoms with E-state index in [2.05, 4.69) is 5.32 Å². The second kappa shape index (κ2) is 7.51. The van der Waals surface area contributed by atoms with E-state index in [0.717, 1.165) is 5.75 Å². The van der Waals surface area contributed by atoms with Gasteiger partial charge in [-0.15, -0.1) is 0 Å². The van der Waals surface area contributed by atoms with Crippen LogP contribution in [0.4, 0.5) is 0 Å². The minimum Gasteiger partial charge on any atom is -0.494 e. The highest BCUT2D eigenvalue weighted by molar-refractivity contribution is 5.77. The van der Waals surface area contributed by atoms with Gasteiger partial charge in [-0.1, -0.05) is 0 Å². The molecule has 0 unspecified atom stereocenters. The molecule has 0 saturated heterocycles. The molecule has 0 saturated carbocycles. The van der Waals surface area contributed by atoms with Gasteiger partial charge in [0.1, 0.15) is 11.5 Å². The van der Waals surface area contributed by atoms with Crippen molar-refractivity contribution in [2.45, 2.75) is 6.92 Å². The maximum absolute atomic E-state index is 11.2. The summed E-state index contributed by atoms with van der Waals surface area (Å²) in [6.45, 7) is 3.43. The van der Waals surface area contributed by atoms with Crippen LogP contribution in [0.15, 0.2) is 24.3 Å². The molecule has 0 atom stereocenters. The van der Waals surface area contributed by atoms with Crippen molar-refractivity contribution in [2.75, 3.05) is 26.3 Å². The Morgan fingerprint density at radius 2 is 1.82 bits per heavy atom. The number of benzene rings is 1. The molecule has 1 aromatic rings. The first-order chi connectivity index (χ1) is 8.26. The molecule has 0 aliphatic heterocycles. The Balaban J connectivity index is 2.34. The van der Waals surface area contributed by atoms with E-state index in [9.17, 15) is 4.79 Å². The minimum absolute atomic E-state index is 0.00597. The molecular formula is C12H18N2O3. The van der Waals surface area contributed by atoms with Crippen molar-refractivity contribution < 1.29 is 14.3 Å². The molecule has 0 heterocycles. The summed E-state index contributed by atoms with van der Waals surface area (Å²) in [6.07, 6.45) is 0.